The number of aromatic nitrogens is 3. The fraction of sp³-hybridized carbons (Fsp3) is 0.222. The Labute approximate surface area is 145 Å². The van der Waals surface area contributed by atoms with Gasteiger partial charge in [-0.15, -0.1) is 10.2 Å². The fourth-order valence-corrected chi connectivity index (χ4v) is 2.41. The summed E-state index contributed by atoms with van der Waals surface area (Å²) in [5, 5.41) is 13.4. The summed E-state index contributed by atoms with van der Waals surface area (Å²) >= 11 is 0. The summed E-state index contributed by atoms with van der Waals surface area (Å²) < 4.78 is 1.91. The molecule has 0 spiro atoms. The Bertz CT molecular complexity index is 886. The first-order chi connectivity index (χ1) is 12.1. The van der Waals surface area contributed by atoms with Crippen molar-refractivity contribution in [2.45, 2.75) is 19.8 Å². The lowest BCUT2D eigenvalue weighted by Gasteiger charge is -2.06. The normalized spacial score (nSPS) is 10.6. The predicted molar refractivity (Wildman–Crippen MR) is 94.1 cm³/mol. The van der Waals surface area contributed by atoms with Crippen LogP contribution in [0.1, 0.15) is 17.8 Å². The number of rotatable bonds is 5. The van der Waals surface area contributed by atoms with Gasteiger partial charge in [-0.05, 0) is 37.6 Å². The molecule has 0 aliphatic carbocycles. The molecule has 7 nitrogen and oxygen atoms in total. The summed E-state index contributed by atoms with van der Waals surface area (Å²) in [6, 6.07) is 13.0. The molecule has 2 N–H and O–H groups in total. The number of pyridine rings is 1. The molecule has 0 bridgehead atoms. The van der Waals surface area contributed by atoms with Crippen molar-refractivity contribution in [1.82, 2.24) is 19.9 Å². The highest BCUT2D eigenvalue weighted by Crippen LogP contribution is 2.08. The highest BCUT2D eigenvalue weighted by molar-refractivity contribution is 6.39. The van der Waals surface area contributed by atoms with Crippen molar-refractivity contribution in [2.75, 3.05) is 11.9 Å². The van der Waals surface area contributed by atoms with Crippen molar-refractivity contribution < 1.29 is 9.59 Å². The van der Waals surface area contributed by atoms with Crippen LogP contribution in [0.15, 0.2) is 48.7 Å². The average Bonchev–Trinajstić information content (AvgIpc) is 3.03. The highest BCUT2D eigenvalue weighted by atomic mass is 16.2. The highest BCUT2D eigenvalue weighted by Gasteiger charge is 2.13. The van der Waals surface area contributed by atoms with Gasteiger partial charge in [0, 0.05) is 24.8 Å². The largest absolute Gasteiger partial charge is 0.348 e. The molecule has 2 aromatic heterocycles. The Morgan fingerprint density at radius 2 is 1.84 bits per heavy atom. The van der Waals surface area contributed by atoms with E-state index >= 15 is 0 Å². The van der Waals surface area contributed by atoms with Crippen molar-refractivity contribution in [1.29, 1.82) is 0 Å². The second-order valence-corrected chi connectivity index (χ2v) is 5.72. The second-order valence-electron chi connectivity index (χ2n) is 5.72. The van der Waals surface area contributed by atoms with Crippen LogP contribution in [0, 0.1) is 6.92 Å². The number of benzene rings is 1. The Morgan fingerprint density at radius 1 is 1.04 bits per heavy atom. The third-order valence-electron chi connectivity index (χ3n) is 3.76. The van der Waals surface area contributed by atoms with E-state index in [0.29, 0.717) is 25.1 Å². The number of nitrogens with one attached hydrogen (secondary N) is 2. The molecule has 0 saturated heterocycles. The molecule has 0 atom stereocenters. The van der Waals surface area contributed by atoms with E-state index in [1.54, 1.807) is 12.1 Å². The molecule has 2 heterocycles. The van der Waals surface area contributed by atoms with E-state index in [0.717, 1.165) is 17.0 Å². The maximum atomic E-state index is 11.8. The average molecular weight is 337 g/mol. The van der Waals surface area contributed by atoms with Crippen LogP contribution in [-0.2, 0) is 16.0 Å². The first kappa shape index (κ1) is 16.6. The number of hydrogen-bond acceptors (Lipinski definition) is 4. The molecule has 0 saturated carbocycles. The zero-order chi connectivity index (χ0) is 17.6. The fourth-order valence-electron chi connectivity index (χ4n) is 2.41. The van der Waals surface area contributed by atoms with Gasteiger partial charge in [-0.25, -0.2) is 0 Å². The first-order valence-corrected chi connectivity index (χ1v) is 8.08. The topological polar surface area (TPSA) is 88.4 Å². The number of hydrogen-bond donors (Lipinski definition) is 2. The molecule has 3 aromatic rings. The molecular formula is C18H19N5O2. The van der Waals surface area contributed by atoms with E-state index in [1.165, 1.54) is 0 Å². The molecule has 2 amide bonds. The van der Waals surface area contributed by atoms with Gasteiger partial charge in [0.2, 0.25) is 0 Å². The number of nitrogens with zero attached hydrogens (tertiary/aromatic N) is 3. The van der Waals surface area contributed by atoms with Crippen LogP contribution in [0.4, 0.5) is 5.69 Å². The maximum Gasteiger partial charge on any atom is 0.313 e. The maximum absolute atomic E-state index is 11.8. The second kappa shape index (κ2) is 7.57. The van der Waals surface area contributed by atoms with Crippen LogP contribution >= 0.6 is 0 Å². The van der Waals surface area contributed by atoms with Crippen molar-refractivity contribution in [3.05, 3.63) is 60.0 Å². The first-order valence-electron chi connectivity index (χ1n) is 8.08. The van der Waals surface area contributed by atoms with Gasteiger partial charge in [0.25, 0.3) is 0 Å². The van der Waals surface area contributed by atoms with Gasteiger partial charge in [-0.3, -0.25) is 14.0 Å². The van der Waals surface area contributed by atoms with Gasteiger partial charge in [0.15, 0.2) is 5.65 Å². The van der Waals surface area contributed by atoms with E-state index < -0.39 is 11.8 Å². The van der Waals surface area contributed by atoms with Crippen LogP contribution < -0.4 is 10.6 Å². The monoisotopic (exact) mass is 337 g/mol. The molecule has 0 unspecified atom stereocenters. The zero-order valence-electron chi connectivity index (χ0n) is 13.9. The van der Waals surface area contributed by atoms with Gasteiger partial charge in [-0.1, -0.05) is 23.8 Å². The summed E-state index contributed by atoms with van der Waals surface area (Å²) in [5.74, 6) is -0.489. The number of carbonyl (C=O) groups is 2. The predicted octanol–water partition coefficient (Wildman–Crippen LogP) is 1.73. The van der Waals surface area contributed by atoms with Crippen molar-refractivity contribution in [3.63, 3.8) is 0 Å². The molecule has 7 heteroatoms. The number of anilines is 1. The molecule has 128 valence electrons. The lowest BCUT2D eigenvalue weighted by atomic mass is 10.2. The smallest absolute Gasteiger partial charge is 0.313 e. The molecule has 0 radical (unpaired) electrons. The Kier molecular flexibility index (Phi) is 5.03. The lowest BCUT2D eigenvalue weighted by Crippen LogP contribution is -2.36. The van der Waals surface area contributed by atoms with Crippen LogP contribution in [0.2, 0.25) is 0 Å². The number of fused-ring (bicyclic) bond motifs is 1. The Morgan fingerprint density at radius 3 is 2.64 bits per heavy atom. The van der Waals surface area contributed by atoms with Gasteiger partial charge < -0.3 is 10.6 Å². The molecule has 0 aliphatic heterocycles. The van der Waals surface area contributed by atoms with E-state index in [9.17, 15) is 9.59 Å². The molecule has 25 heavy (non-hydrogen) atoms. The van der Waals surface area contributed by atoms with Crippen molar-refractivity contribution in [2.24, 2.45) is 0 Å². The number of amides is 2. The van der Waals surface area contributed by atoms with Crippen LogP contribution in [0.3, 0.4) is 0 Å². The van der Waals surface area contributed by atoms with Crippen LogP contribution in [0.25, 0.3) is 5.65 Å². The minimum Gasteiger partial charge on any atom is -0.348 e. The van der Waals surface area contributed by atoms with Gasteiger partial charge >= 0.3 is 11.8 Å². The number of aryl methyl sites for hydroxylation is 2. The van der Waals surface area contributed by atoms with E-state index in [1.807, 2.05) is 47.9 Å². The quantitative estimate of drug-likeness (QED) is 0.548. The summed E-state index contributed by atoms with van der Waals surface area (Å²) in [6.07, 6.45) is 3.22. The molecule has 3 rings (SSSR count). The minimum atomic E-state index is -0.670. The number of carbonyl (C=O) groups excluding carboxylic acids is 2. The van der Waals surface area contributed by atoms with E-state index in [4.69, 9.17) is 0 Å². The minimum absolute atomic E-state index is 0.391. The summed E-state index contributed by atoms with van der Waals surface area (Å²) in [7, 11) is 0. The van der Waals surface area contributed by atoms with Gasteiger partial charge in [0.05, 0.1) is 0 Å². The van der Waals surface area contributed by atoms with Crippen molar-refractivity contribution >= 4 is 23.1 Å². The third-order valence-corrected chi connectivity index (χ3v) is 3.76. The molecule has 1 aromatic carbocycles. The summed E-state index contributed by atoms with van der Waals surface area (Å²) in [4.78, 5) is 23.7. The van der Waals surface area contributed by atoms with Gasteiger partial charge in [-0.2, -0.15) is 0 Å². The third kappa shape index (κ3) is 4.20. The van der Waals surface area contributed by atoms with Crippen LogP contribution in [-0.4, -0.2) is 33.0 Å². The van der Waals surface area contributed by atoms with Gasteiger partial charge in [0.1, 0.15) is 5.82 Å². The summed E-state index contributed by atoms with van der Waals surface area (Å²) in [6.45, 7) is 2.35. The zero-order valence-corrected chi connectivity index (χ0v) is 13.9. The Balaban J connectivity index is 1.44. The van der Waals surface area contributed by atoms with Crippen LogP contribution in [0.5, 0.6) is 0 Å². The molecular weight excluding hydrogens is 318 g/mol. The molecule has 0 fully saturated rings. The van der Waals surface area contributed by atoms with Crippen molar-refractivity contribution in [3.8, 4) is 0 Å². The SMILES string of the molecule is Cc1ccc(NC(=O)C(=O)NCCCc2nnc3ccccn23)cc1. The molecule has 0 aliphatic rings. The standard InChI is InChI=1S/C18H19N5O2/c1-13-7-9-14(10-8-13)20-18(25)17(24)19-11-4-6-16-22-21-15-5-2-3-12-23(15)16/h2-3,5,7-10,12H,4,6,11H2,1H3,(H,19,24)(H,20,25). The van der Waals surface area contributed by atoms with E-state index in [-0.39, 0.29) is 0 Å². The Hall–Kier alpha value is -3.22. The summed E-state index contributed by atoms with van der Waals surface area (Å²) in [5.41, 5.74) is 2.48. The lowest BCUT2D eigenvalue weighted by molar-refractivity contribution is -0.136. The van der Waals surface area contributed by atoms with E-state index in [2.05, 4.69) is 20.8 Å².